The van der Waals surface area contributed by atoms with Crippen molar-refractivity contribution in [3.8, 4) is 5.75 Å². The number of ether oxygens (including phenoxy) is 1. The predicted octanol–water partition coefficient (Wildman–Crippen LogP) is 1.80. The van der Waals surface area contributed by atoms with Crippen LogP contribution < -0.4 is 4.74 Å². The van der Waals surface area contributed by atoms with Crippen molar-refractivity contribution in [2.45, 2.75) is 31.6 Å². The minimum Gasteiger partial charge on any atom is -0.496 e. The standard InChI is InChI=1S/C15H21NO5S/c1-10-7-13(8-11(2)14(10)21-3)22(19,20)16-6-4-5-12(9-16)15(17)18/h7-8,12H,4-6,9H2,1-3H3,(H,17,18). The third-order valence-electron chi connectivity index (χ3n) is 4.01. The monoisotopic (exact) mass is 327 g/mol. The van der Waals surface area contributed by atoms with Crippen LogP contribution in [0.15, 0.2) is 17.0 Å². The first-order valence-corrected chi connectivity index (χ1v) is 8.59. The number of nitrogens with zero attached hydrogens (tertiary/aromatic N) is 1. The fourth-order valence-electron chi connectivity index (χ4n) is 2.89. The van der Waals surface area contributed by atoms with Crippen LogP contribution in [0, 0.1) is 19.8 Å². The van der Waals surface area contributed by atoms with Gasteiger partial charge in [0.05, 0.1) is 17.9 Å². The average Bonchev–Trinajstić information content (AvgIpc) is 2.47. The van der Waals surface area contributed by atoms with Crippen LogP contribution in [-0.4, -0.2) is 44.0 Å². The molecule has 1 atom stereocenters. The zero-order valence-electron chi connectivity index (χ0n) is 13.0. The summed E-state index contributed by atoms with van der Waals surface area (Å²) < 4.78 is 32.0. The molecule has 1 unspecified atom stereocenters. The molecule has 7 heteroatoms. The van der Waals surface area contributed by atoms with E-state index < -0.39 is 21.9 Å². The highest BCUT2D eigenvalue weighted by Gasteiger charge is 2.33. The number of carbonyl (C=O) groups is 1. The second-order valence-electron chi connectivity index (χ2n) is 5.63. The number of methoxy groups -OCH3 is 1. The maximum Gasteiger partial charge on any atom is 0.307 e. The lowest BCUT2D eigenvalue weighted by atomic mass is 10.0. The molecule has 1 aliphatic heterocycles. The zero-order chi connectivity index (χ0) is 16.5. The summed E-state index contributed by atoms with van der Waals surface area (Å²) in [5.41, 5.74) is 1.49. The minimum atomic E-state index is -3.68. The van der Waals surface area contributed by atoms with Crippen LogP contribution in [0.1, 0.15) is 24.0 Å². The minimum absolute atomic E-state index is 0.0296. The van der Waals surface area contributed by atoms with Gasteiger partial charge in [-0.25, -0.2) is 8.42 Å². The molecular weight excluding hydrogens is 306 g/mol. The van der Waals surface area contributed by atoms with Gasteiger partial charge in [-0.2, -0.15) is 4.31 Å². The molecule has 0 radical (unpaired) electrons. The third-order valence-corrected chi connectivity index (χ3v) is 5.85. The number of aliphatic carboxylic acids is 1. The number of sulfonamides is 1. The van der Waals surface area contributed by atoms with Crippen molar-refractivity contribution in [2.75, 3.05) is 20.2 Å². The van der Waals surface area contributed by atoms with E-state index in [0.717, 1.165) is 11.1 Å². The molecule has 1 aliphatic rings. The highest BCUT2D eigenvalue weighted by Crippen LogP contribution is 2.30. The Bertz CT molecular complexity index is 660. The largest absolute Gasteiger partial charge is 0.496 e. The molecule has 0 amide bonds. The Morgan fingerprint density at radius 2 is 1.91 bits per heavy atom. The molecule has 1 aromatic rings. The van der Waals surface area contributed by atoms with E-state index in [9.17, 15) is 13.2 Å². The second kappa shape index (κ2) is 6.26. The van der Waals surface area contributed by atoms with Crippen molar-refractivity contribution in [3.63, 3.8) is 0 Å². The maximum absolute atomic E-state index is 12.8. The van der Waals surface area contributed by atoms with Gasteiger partial charge >= 0.3 is 5.97 Å². The molecule has 122 valence electrons. The van der Waals surface area contributed by atoms with Gasteiger partial charge in [0.15, 0.2) is 0 Å². The van der Waals surface area contributed by atoms with Crippen LogP contribution in [0.5, 0.6) is 5.75 Å². The van der Waals surface area contributed by atoms with Gasteiger partial charge in [-0.15, -0.1) is 0 Å². The summed E-state index contributed by atoms with van der Waals surface area (Å²) in [6.45, 7) is 3.97. The van der Waals surface area contributed by atoms with E-state index in [1.165, 1.54) is 4.31 Å². The van der Waals surface area contributed by atoms with Gasteiger partial charge < -0.3 is 9.84 Å². The van der Waals surface area contributed by atoms with E-state index in [-0.39, 0.29) is 11.4 Å². The molecule has 2 rings (SSSR count). The Kier molecular flexibility index (Phi) is 4.77. The van der Waals surface area contributed by atoms with Crippen LogP contribution in [-0.2, 0) is 14.8 Å². The molecule has 22 heavy (non-hydrogen) atoms. The van der Waals surface area contributed by atoms with Crippen molar-refractivity contribution in [3.05, 3.63) is 23.3 Å². The van der Waals surface area contributed by atoms with E-state index in [4.69, 9.17) is 9.84 Å². The van der Waals surface area contributed by atoms with Gasteiger partial charge in [0.2, 0.25) is 10.0 Å². The number of carboxylic acid groups (broad SMARTS) is 1. The molecule has 1 heterocycles. The summed E-state index contributed by atoms with van der Waals surface area (Å²) in [7, 11) is -2.14. The quantitative estimate of drug-likeness (QED) is 0.911. The SMILES string of the molecule is COc1c(C)cc(S(=O)(=O)N2CCCC(C(=O)O)C2)cc1C. The van der Waals surface area contributed by atoms with Gasteiger partial charge in [-0.3, -0.25) is 4.79 Å². The molecule has 0 spiro atoms. The van der Waals surface area contributed by atoms with Gasteiger partial charge in [0, 0.05) is 13.1 Å². The van der Waals surface area contributed by atoms with Crippen LogP contribution in [0.3, 0.4) is 0 Å². The molecular formula is C15H21NO5S. The number of hydrogen-bond donors (Lipinski definition) is 1. The van der Waals surface area contributed by atoms with Gasteiger partial charge in [-0.05, 0) is 49.9 Å². The molecule has 0 saturated carbocycles. The predicted molar refractivity (Wildman–Crippen MR) is 81.6 cm³/mol. The lowest BCUT2D eigenvalue weighted by Gasteiger charge is -2.30. The number of benzene rings is 1. The van der Waals surface area contributed by atoms with Crippen LogP contribution in [0.4, 0.5) is 0 Å². The third kappa shape index (κ3) is 3.10. The van der Waals surface area contributed by atoms with Crippen LogP contribution >= 0.6 is 0 Å². The van der Waals surface area contributed by atoms with E-state index in [1.807, 2.05) is 0 Å². The van der Waals surface area contributed by atoms with Gasteiger partial charge in [0.25, 0.3) is 0 Å². The highest BCUT2D eigenvalue weighted by atomic mass is 32.2. The molecule has 1 fully saturated rings. The Balaban J connectivity index is 2.36. The summed E-state index contributed by atoms with van der Waals surface area (Å²) in [6, 6.07) is 3.15. The average molecular weight is 327 g/mol. The van der Waals surface area contributed by atoms with Gasteiger partial charge in [0.1, 0.15) is 5.75 Å². The van der Waals surface area contributed by atoms with Crippen molar-refractivity contribution in [1.29, 1.82) is 0 Å². The molecule has 1 saturated heterocycles. The Morgan fingerprint density at radius 3 is 2.41 bits per heavy atom. The van der Waals surface area contributed by atoms with Crippen molar-refractivity contribution in [2.24, 2.45) is 5.92 Å². The molecule has 6 nitrogen and oxygen atoms in total. The smallest absolute Gasteiger partial charge is 0.307 e. The number of aryl methyl sites for hydroxylation is 2. The van der Waals surface area contributed by atoms with Gasteiger partial charge in [-0.1, -0.05) is 0 Å². The Morgan fingerprint density at radius 1 is 1.32 bits per heavy atom. The highest BCUT2D eigenvalue weighted by molar-refractivity contribution is 7.89. The fraction of sp³-hybridized carbons (Fsp3) is 0.533. The lowest BCUT2D eigenvalue weighted by Crippen LogP contribution is -2.42. The first-order valence-electron chi connectivity index (χ1n) is 7.15. The Labute approximate surface area is 130 Å². The fourth-order valence-corrected chi connectivity index (χ4v) is 4.59. The summed E-state index contributed by atoms with van der Waals surface area (Å²) >= 11 is 0. The summed E-state index contributed by atoms with van der Waals surface area (Å²) in [5.74, 6) is -0.910. The first-order chi connectivity index (χ1) is 10.3. The summed E-state index contributed by atoms with van der Waals surface area (Å²) in [5, 5.41) is 9.11. The van der Waals surface area contributed by atoms with Crippen LogP contribution in [0.2, 0.25) is 0 Å². The number of rotatable bonds is 4. The molecule has 1 N–H and O–H groups in total. The number of carboxylic acids is 1. The summed E-state index contributed by atoms with van der Waals surface area (Å²) in [6.07, 6.45) is 1.08. The van der Waals surface area contributed by atoms with E-state index >= 15 is 0 Å². The lowest BCUT2D eigenvalue weighted by molar-refractivity contribution is -0.142. The molecule has 1 aromatic carbocycles. The van der Waals surface area contributed by atoms with E-state index in [1.54, 1.807) is 33.1 Å². The Hall–Kier alpha value is -1.60. The number of piperidine rings is 1. The van der Waals surface area contributed by atoms with E-state index in [0.29, 0.717) is 25.1 Å². The molecule has 0 bridgehead atoms. The number of hydrogen-bond acceptors (Lipinski definition) is 4. The van der Waals surface area contributed by atoms with Crippen molar-refractivity contribution < 1.29 is 23.1 Å². The van der Waals surface area contributed by atoms with Crippen molar-refractivity contribution >= 4 is 16.0 Å². The second-order valence-corrected chi connectivity index (χ2v) is 7.57. The van der Waals surface area contributed by atoms with Crippen molar-refractivity contribution in [1.82, 2.24) is 4.31 Å². The maximum atomic E-state index is 12.8. The topological polar surface area (TPSA) is 83.9 Å². The van der Waals surface area contributed by atoms with Crippen LogP contribution in [0.25, 0.3) is 0 Å². The molecule has 0 aliphatic carbocycles. The van der Waals surface area contributed by atoms with E-state index in [2.05, 4.69) is 0 Å². The molecule has 0 aromatic heterocycles. The normalized spacial score (nSPS) is 19.9. The zero-order valence-corrected chi connectivity index (χ0v) is 13.8. The summed E-state index contributed by atoms with van der Waals surface area (Å²) in [4.78, 5) is 11.3. The first kappa shape index (κ1) is 16.8.